The van der Waals surface area contributed by atoms with E-state index in [-0.39, 0.29) is 46.1 Å². The first-order valence-electron chi connectivity index (χ1n) is 10.1. The fraction of sp³-hybridized carbons (Fsp3) is 0.208. The van der Waals surface area contributed by atoms with E-state index in [2.05, 4.69) is 10.6 Å². The largest absolute Gasteiger partial charge is 0.483 e. The molecule has 0 atom stereocenters. The van der Waals surface area contributed by atoms with Gasteiger partial charge in [-0.25, -0.2) is 4.79 Å². The summed E-state index contributed by atoms with van der Waals surface area (Å²) in [7, 11) is 1.27. The molecule has 0 aliphatic heterocycles. The van der Waals surface area contributed by atoms with Crippen molar-refractivity contribution in [3.63, 3.8) is 0 Å². The van der Waals surface area contributed by atoms with E-state index >= 15 is 0 Å². The highest BCUT2D eigenvalue weighted by molar-refractivity contribution is 6.34. The van der Waals surface area contributed by atoms with Crippen molar-refractivity contribution in [1.29, 1.82) is 0 Å². The molecular weight excluding hydrogens is 432 g/mol. The van der Waals surface area contributed by atoms with Crippen LogP contribution in [-0.2, 0) is 9.53 Å². The minimum atomic E-state index is -0.548. The minimum absolute atomic E-state index is 0.201. The quantitative estimate of drug-likeness (QED) is 0.524. The summed E-state index contributed by atoms with van der Waals surface area (Å²) in [5.74, 6) is -1.00. The number of fused-ring (bicyclic) bond motifs is 1. The number of hydrogen-bond acceptors (Lipinski definition) is 5. The number of nitrogens with one attached hydrogen (secondary N) is 2. The molecule has 3 aromatic rings. The number of benzene rings is 3. The van der Waals surface area contributed by atoms with Gasteiger partial charge in [0.1, 0.15) is 5.75 Å². The van der Waals surface area contributed by atoms with E-state index in [1.807, 2.05) is 24.3 Å². The van der Waals surface area contributed by atoms with Crippen LogP contribution in [0.15, 0.2) is 54.6 Å². The van der Waals surface area contributed by atoms with Crippen molar-refractivity contribution in [3.8, 4) is 5.75 Å². The van der Waals surface area contributed by atoms with Crippen LogP contribution in [0, 0.1) is 0 Å². The summed E-state index contributed by atoms with van der Waals surface area (Å²) in [4.78, 5) is 37.1. The van der Waals surface area contributed by atoms with Crippen LogP contribution in [0.3, 0.4) is 0 Å². The molecule has 0 radical (unpaired) electrons. The van der Waals surface area contributed by atoms with Crippen LogP contribution in [0.4, 0.5) is 5.69 Å². The maximum atomic E-state index is 13.1. The predicted molar refractivity (Wildman–Crippen MR) is 121 cm³/mol. The van der Waals surface area contributed by atoms with E-state index in [9.17, 15) is 14.4 Å². The van der Waals surface area contributed by atoms with E-state index in [4.69, 9.17) is 21.1 Å². The lowest BCUT2D eigenvalue weighted by atomic mass is 10.0. The van der Waals surface area contributed by atoms with Crippen molar-refractivity contribution in [3.05, 3.63) is 70.7 Å². The molecule has 1 aliphatic rings. The molecular formula is C24H21ClN2O5. The van der Waals surface area contributed by atoms with Crippen LogP contribution in [0.2, 0.25) is 5.02 Å². The Hall–Kier alpha value is -3.58. The lowest BCUT2D eigenvalue weighted by molar-refractivity contribution is -0.123. The predicted octanol–water partition coefficient (Wildman–Crippen LogP) is 4.19. The molecule has 8 heteroatoms. The molecule has 2 N–H and O–H groups in total. The van der Waals surface area contributed by atoms with Crippen LogP contribution in [0.1, 0.15) is 33.6 Å². The smallest absolute Gasteiger partial charge is 0.337 e. The zero-order valence-electron chi connectivity index (χ0n) is 17.3. The summed E-state index contributed by atoms with van der Waals surface area (Å²) in [6.45, 7) is -0.201. The Morgan fingerprint density at radius 1 is 1.03 bits per heavy atom. The van der Waals surface area contributed by atoms with E-state index in [0.29, 0.717) is 0 Å². The van der Waals surface area contributed by atoms with Gasteiger partial charge in [-0.05, 0) is 53.9 Å². The number of esters is 1. The molecule has 0 aromatic heterocycles. The fourth-order valence-corrected chi connectivity index (χ4v) is 3.38. The Morgan fingerprint density at radius 3 is 2.44 bits per heavy atom. The van der Waals surface area contributed by atoms with E-state index in [1.54, 1.807) is 12.1 Å². The third kappa shape index (κ3) is 5.00. The monoisotopic (exact) mass is 452 g/mol. The molecule has 2 amide bonds. The average Bonchev–Trinajstić information content (AvgIpc) is 3.61. The normalized spacial score (nSPS) is 12.8. The molecule has 1 saturated carbocycles. The Labute approximate surface area is 189 Å². The lowest BCUT2D eigenvalue weighted by Gasteiger charge is -2.14. The molecule has 164 valence electrons. The maximum Gasteiger partial charge on any atom is 0.337 e. The molecule has 1 fully saturated rings. The van der Waals surface area contributed by atoms with Gasteiger partial charge in [-0.1, -0.05) is 35.9 Å². The Kier molecular flexibility index (Phi) is 6.28. The third-order valence-electron chi connectivity index (χ3n) is 5.03. The first kappa shape index (κ1) is 21.6. The highest BCUT2D eigenvalue weighted by Gasteiger charge is 2.24. The van der Waals surface area contributed by atoms with Crippen LogP contribution in [0.25, 0.3) is 10.8 Å². The van der Waals surface area contributed by atoms with Gasteiger partial charge < -0.3 is 20.1 Å². The molecule has 0 saturated heterocycles. The SMILES string of the molecule is COC(=O)c1ccc(Cl)c(NC(=O)c2cc3ccccc3cc2OCC(=O)NC2CC2)c1. The van der Waals surface area contributed by atoms with Gasteiger partial charge in [0.15, 0.2) is 6.61 Å². The van der Waals surface area contributed by atoms with Gasteiger partial charge >= 0.3 is 5.97 Å². The standard InChI is InChI=1S/C24H21ClN2O5/c1-31-24(30)16-6-9-19(25)20(11-16)27-23(29)18-10-14-4-2-3-5-15(14)12-21(18)32-13-22(28)26-17-7-8-17/h2-6,9-12,17H,7-8,13H2,1H3,(H,26,28)(H,27,29). The van der Waals surface area contributed by atoms with E-state index in [0.717, 1.165) is 23.6 Å². The maximum absolute atomic E-state index is 13.1. The molecule has 3 aromatic carbocycles. The van der Waals surface area contributed by atoms with Crippen molar-refractivity contribution in [2.24, 2.45) is 0 Å². The number of amides is 2. The van der Waals surface area contributed by atoms with Crippen molar-refractivity contribution >= 4 is 45.8 Å². The zero-order valence-corrected chi connectivity index (χ0v) is 18.1. The molecule has 0 heterocycles. The second-order valence-electron chi connectivity index (χ2n) is 7.47. The van der Waals surface area contributed by atoms with Gasteiger partial charge in [-0.2, -0.15) is 0 Å². The van der Waals surface area contributed by atoms with Crippen molar-refractivity contribution < 1.29 is 23.9 Å². The summed E-state index contributed by atoms with van der Waals surface area (Å²) in [5.41, 5.74) is 0.742. The summed E-state index contributed by atoms with van der Waals surface area (Å²) in [6, 6.07) is 15.6. The number of rotatable bonds is 7. The summed E-state index contributed by atoms with van der Waals surface area (Å²) >= 11 is 6.22. The fourth-order valence-electron chi connectivity index (χ4n) is 3.21. The Bertz CT molecular complexity index is 1210. The highest BCUT2D eigenvalue weighted by atomic mass is 35.5. The van der Waals surface area contributed by atoms with Crippen LogP contribution in [0.5, 0.6) is 5.75 Å². The molecule has 0 bridgehead atoms. The Morgan fingerprint density at radius 2 is 1.75 bits per heavy atom. The van der Waals surface area contributed by atoms with E-state index in [1.165, 1.54) is 25.3 Å². The van der Waals surface area contributed by atoms with Gasteiger partial charge in [0.2, 0.25) is 0 Å². The topological polar surface area (TPSA) is 93.7 Å². The molecule has 32 heavy (non-hydrogen) atoms. The van der Waals surface area contributed by atoms with Gasteiger partial charge in [0.05, 0.1) is 28.9 Å². The number of carbonyl (C=O) groups is 3. The van der Waals surface area contributed by atoms with Crippen molar-refractivity contribution in [1.82, 2.24) is 5.32 Å². The number of anilines is 1. The van der Waals surface area contributed by atoms with Crippen LogP contribution in [-0.4, -0.2) is 37.5 Å². The average molecular weight is 453 g/mol. The number of halogens is 1. The summed E-state index contributed by atoms with van der Waals surface area (Å²) in [6.07, 6.45) is 1.95. The van der Waals surface area contributed by atoms with Gasteiger partial charge in [-0.3, -0.25) is 9.59 Å². The summed E-state index contributed by atoms with van der Waals surface area (Å²) in [5, 5.41) is 7.54. The molecule has 1 aliphatic carbocycles. The third-order valence-corrected chi connectivity index (χ3v) is 5.36. The lowest BCUT2D eigenvalue weighted by Crippen LogP contribution is -2.30. The van der Waals surface area contributed by atoms with Crippen LogP contribution < -0.4 is 15.4 Å². The molecule has 4 rings (SSSR count). The van der Waals surface area contributed by atoms with E-state index < -0.39 is 11.9 Å². The van der Waals surface area contributed by atoms with Gasteiger partial charge in [-0.15, -0.1) is 0 Å². The summed E-state index contributed by atoms with van der Waals surface area (Å²) < 4.78 is 10.4. The zero-order chi connectivity index (χ0) is 22.7. The van der Waals surface area contributed by atoms with Crippen LogP contribution >= 0.6 is 11.6 Å². The van der Waals surface area contributed by atoms with Gasteiger partial charge in [0, 0.05) is 6.04 Å². The highest BCUT2D eigenvalue weighted by Crippen LogP contribution is 2.29. The van der Waals surface area contributed by atoms with Crippen molar-refractivity contribution in [2.75, 3.05) is 19.0 Å². The number of carbonyl (C=O) groups excluding carboxylic acids is 3. The Balaban J connectivity index is 1.62. The van der Waals surface area contributed by atoms with Gasteiger partial charge in [0.25, 0.3) is 11.8 Å². The minimum Gasteiger partial charge on any atom is -0.483 e. The number of hydrogen-bond donors (Lipinski definition) is 2. The molecule has 7 nitrogen and oxygen atoms in total. The van der Waals surface area contributed by atoms with Crippen molar-refractivity contribution in [2.45, 2.75) is 18.9 Å². The number of methoxy groups -OCH3 is 1. The second-order valence-corrected chi connectivity index (χ2v) is 7.87. The molecule has 0 unspecified atom stereocenters. The second kappa shape index (κ2) is 9.28. The first-order chi connectivity index (χ1) is 15.4. The molecule has 0 spiro atoms. The first-order valence-corrected chi connectivity index (χ1v) is 10.5. The number of ether oxygens (including phenoxy) is 2.